The number of aldehydes is 1. The van der Waals surface area contributed by atoms with Crippen LogP contribution in [-0.4, -0.2) is 16.3 Å². The van der Waals surface area contributed by atoms with E-state index in [0.717, 1.165) is 26.7 Å². The molecule has 3 nitrogen and oxygen atoms in total. The van der Waals surface area contributed by atoms with Crippen molar-refractivity contribution < 1.29 is 4.79 Å². The molecule has 0 atom stereocenters. The Bertz CT molecular complexity index is 495. The van der Waals surface area contributed by atoms with Crippen LogP contribution in [0.5, 0.6) is 0 Å². The zero-order chi connectivity index (χ0) is 10.1. The third-order valence-electron chi connectivity index (χ3n) is 1.87. The second-order valence-electron chi connectivity index (χ2n) is 2.83. The molecular formula is C9H6BrIN2O. The number of benzene rings is 1. The highest BCUT2D eigenvalue weighted by Crippen LogP contribution is 2.20. The van der Waals surface area contributed by atoms with Gasteiger partial charge in [-0.3, -0.25) is 4.79 Å². The summed E-state index contributed by atoms with van der Waals surface area (Å²) < 4.78 is 0.991. The van der Waals surface area contributed by atoms with E-state index in [1.54, 1.807) is 0 Å². The van der Waals surface area contributed by atoms with Crippen LogP contribution >= 0.6 is 38.5 Å². The molecular weight excluding hydrogens is 359 g/mol. The molecule has 0 radical (unpaired) electrons. The number of aromatic nitrogens is 2. The minimum absolute atomic E-state index is 0.673. The van der Waals surface area contributed by atoms with Crippen molar-refractivity contribution in [2.75, 3.05) is 0 Å². The fourth-order valence-electron chi connectivity index (χ4n) is 1.28. The first-order valence-corrected chi connectivity index (χ1v) is 6.14. The maximum Gasteiger partial charge on any atom is 0.150 e. The first-order chi connectivity index (χ1) is 6.74. The van der Waals surface area contributed by atoms with Gasteiger partial charge in [-0.1, -0.05) is 15.9 Å². The van der Waals surface area contributed by atoms with Gasteiger partial charge in [0.25, 0.3) is 0 Å². The lowest BCUT2D eigenvalue weighted by molar-refractivity contribution is 0.112. The number of imidazole rings is 1. The minimum atomic E-state index is 0.673. The largest absolute Gasteiger partial charge is 0.341 e. The molecule has 5 heteroatoms. The number of hydrogen-bond acceptors (Lipinski definition) is 2. The average Bonchev–Trinajstić information content (AvgIpc) is 2.61. The molecule has 1 N–H and O–H groups in total. The van der Waals surface area contributed by atoms with E-state index in [-0.39, 0.29) is 0 Å². The topological polar surface area (TPSA) is 45.8 Å². The van der Waals surface area contributed by atoms with Crippen LogP contribution in [0.15, 0.2) is 12.1 Å². The highest BCUT2D eigenvalue weighted by atomic mass is 127. The van der Waals surface area contributed by atoms with Crippen molar-refractivity contribution in [3.8, 4) is 0 Å². The standard InChI is InChI=1S/C9H6BrIN2O/c10-3-8-12-7-2-5(4-14)1-6(11)9(7)13-8/h1-2,4H,3H2,(H,12,13). The maximum atomic E-state index is 10.6. The molecule has 0 unspecified atom stereocenters. The fourth-order valence-corrected chi connectivity index (χ4v) is 2.31. The lowest BCUT2D eigenvalue weighted by atomic mass is 10.2. The second kappa shape index (κ2) is 3.98. The van der Waals surface area contributed by atoms with Crippen LogP contribution in [-0.2, 0) is 5.33 Å². The molecule has 2 rings (SSSR count). The summed E-state index contributed by atoms with van der Waals surface area (Å²) in [6.45, 7) is 0. The number of H-pyrrole nitrogens is 1. The summed E-state index contributed by atoms with van der Waals surface area (Å²) >= 11 is 5.51. The second-order valence-corrected chi connectivity index (χ2v) is 4.56. The van der Waals surface area contributed by atoms with E-state index in [4.69, 9.17) is 0 Å². The molecule has 0 saturated heterocycles. The van der Waals surface area contributed by atoms with Gasteiger partial charge in [-0.2, -0.15) is 0 Å². The lowest BCUT2D eigenvalue weighted by Crippen LogP contribution is -1.83. The van der Waals surface area contributed by atoms with E-state index < -0.39 is 0 Å². The van der Waals surface area contributed by atoms with E-state index in [9.17, 15) is 4.79 Å². The molecule has 0 fully saturated rings. The van der Waals surface area contributed by atoms with Gasteiger partial charge < -0.3 is 4.98 Å². The van der Waals surface area contributed by atoms with Crippen molar-refractivity contribution in [1.82, 2.24) is 9.97 Å². The highest BCUT2D eigenvalue weighted by molar-refractivity contribution is 14.1. The number of nitrogens with one attached hydrogen (secondary N) is 1. The predicted octanol–water partition coefficient (Wildman–Crippen LogP) is 2.87. The maximum absolute atomic E-state index is 10.6. The van der Waals surface area contributed by atoms with Crippen LogP contribution in [0.4, 0.5) is 0 Å². The molecule has 0 aliphatic rings. The number of nitrogens with zero attached hydrogens (tertiary/aromatic N) is 1. The number of carbonyl (C=O) groups is 1. The summed E-state index contributed by atoms with van der Waals surface area (Å²) in [6.07, 6.45) is 0.844. The van der Waals surface area contributed by atoms with Crippen molar-refractivity contribution in [3.05, 3.63) is 27.1 Å². The van der Waals surface area contributed by atoms with E-state index in [2.05, 4.69) is 48.5 Å². The zero-order valence-electron chi connectivity index (χ0n) is 7.05. The molecule has 1 aromatic carbocycles. The van der Waals surface area contributed by atoms with Crippen molar-refractivity contribution in [3.63, 3.8) is 0 Å². The van der Waals surface area contributed by atoms with Gasteiger partial charge in [0.2, 0.25) is 0 Å². The van der Waals surface area contributed by atoms with Gasteiger partial charge in [-0.15, -0.1) is 0 Å². The van der Waals surface area contributed by atoms with Gasteiger partial charge in [0.1, 0.15) is 17.6 Å². The SMILES string of the molecule is O=Cc1cc(I)c2nc(CBr)[nH]c2c1. The molecule has 1 aromatic heterocycles. The number of alkyl halides is 1. The Hall–Kier alpha value is -0.430. The molecule has 2 aromatic rings. The zero-order valence-corrected chi connectivity index (χ0v) is 10.8. The Morgan fingerprint density at radius 1 is 1.57 bits per heavy atom. The summed E-state index contributed by atoms with van der Waals surface area (Å²) in [5, 5.41) is 0.689. The number of carbonyl (C=O) groups excluding carboxylic acids is 1. The van der Waals surface area contributed by atoms with E-state index in [1.807, 2.05) is 12.1 Å². The number of fused-ring (bicyclic) bond motifs is 1. The van der Waals surface area contributed by atoms with Gasteiger partial charge in [0.05, 0.1) is 10.8 Å². The van der Waals surface area contributed by atoms with E-state index in [1.165, 1.54) is 0 Å². The van der Waals surface area contributed by atoms with Gasteiger partial charge >= 0.3 is 0 Å². The molecule has 1 heterocycles. The Morgan fingerprint density at radius 3 is 3.00 bits per heavy atom. The van der Waals surface area contributed by atoms with Crippen LogP contribution in [0.3, 0.4) is 0 Å². The van der Waals surface area contributed by atoms with Crippen molar-refractivity contribution >= 4 is 55.8 Å². The van der Waals surface area contributed by atoms with Crippen LogP contribution in [0, 0.1) is 3.57 Å². The summed E-state index contributed by atoms with van der Waals surface area (Å²) in [5.41, 5.74) is 2.51. The monoisotopic (exact) mass is 364 g/mol. The van der Waals surface area contributed by atoms with Gasteiger partial charge in [0.15, 0.2) is 0 Å². The molecule has 0 spiro atoms. The Morgan fingerprint density at radius 2 is 2.36 bits per heavy atom. The van der Waals surface area contributed by atoms with Crippen LogP contribution in [0.2, 0.25) is 0 Å². The molecule has 0 saturated carbocycles. The molecule has 0 bridgehead atoms. The normalized spacial score (nSPS) is 10.7. The van der Waals surface area contributed by atoms with Crippen molar-refractivity contribution in [1.29, 1.82) is 0 Å². The molecule has 0 aliphatic carbocycles. The molecule has 14 heavy (non-hydrogen) atoms. The lowest BCUT2D eigenvalue weighted by Gasteiger charge is -1.93. The molecule has 72 valence electrons. The first-order valence-electron chi connectivity index (χ1n) is 3.94. The Labute approximate surface area is 103 Å². The number of rotatable bonds is 2. The van der Waals surface area contributed by atoms with E-state index in [0.29, 0.717) is 10.9 Å². The van der Waals surface area contributed by atoms with E-state index >= 15 is 0 Å². The fraction of sp³-hybridized carbons (Fsp3) is 0.111. The summed E-state index contributed by atoms with van der Waals surface area (Å²) in [6, 6.07) is 3.64. The van der Waals surface area contributed by atoms with Gasteiger partial charge in [-0.05, 0) is 34.7 Å². The average molecular weight is 365 g/mol. The van der Waals surface area contributed by atoms with Crippen molar-refractivity contribution in [2.45, 2.75) is 5.33 Å². The molecule has 0 amide bonds. The van der Waals surface area contributed by atoms with Gasteiger partial charge in [0, 0.05) is 9.13 Å². The predicted molar refractivity (Wildman–Crippen MR) is 66.8 cm³/mol. The Kier molecular flexibility index (Phi) is 2.87. The summed E-state index contributed by atoms with van der Waals surface area (Å²) in [5.74, 6) is 0.876. The highest BCUT2D eigenvalue weighted by Gasteiger charge is 2.06. The van der Waals surface area contributed by atoms with Crippen LogP contribution in [0.25, 0.3) is 11.0 Å². The van der Waals surface area contributed by atoms with Crippen molar-refractivity contribution in [2.24, 2.45) is 0 Å². The summed E-state index contributed by atoms with van der Waals surface area (Å²) in [4.78, 5) is 18.2. The van der Waals surface area contributed by atoms with Crippen LogP contribution < -0.4 is 0 Å². The Balaban J connectivity index is 2.73. The quantitative estimate of drug-likeness (QED) is 0.506. The van der Waals surface area contributed by atoms with Crippen LogP contribution in [0.1, 0.15) is 16.2 Å². The number of hydrogen-bond donors (Lipinski definition) is 1. The number of halogens is 2. The number of aromatic amines is 1. The molecule has 0 aliphatic heterocycles. The third kappa shape index (κ3) is 1.70. The van der Waals surface area contributed by atoms with Gasteiger partial charge in [-0.25, -0.2) is 4.98 Å². The summed E-state index contributed by atoms with van der Waals surface area (Å²) in [7, 11) is 0. The first kappa shape index (κ1) is 10.1. The minimum Gasteiger partial charge on any atom is -0.341 e. The smallest absolute Gasteiger partial charge is 0.150 e. The third-order valence-corrected chi connectivity index (χ3v) is 3.23.